The molecule has 0 aliphatic carbocycles. The standard InChI is InChI=1S/C16H21FN2O5/c1-16(2,3)24-15(20)18-9-7-11(8-10-18)23-13-6-4-5-12(14(13)17)19(21)22/h4-6,11H,7-10H2,1-3H3. The molecule has 0 bridgehead atoms. The average Bonchev–Trinajstić information content (AvgIpc) is 2.48. The molecule has 24 heavy (non-hydrogen) atoms. The van der Waals surface area contributed by atoms with E-state index in [9.17, 15) is 19.3 Å². The molecule has 1 aliphatic rings. The van der Waals surface area contributed by atoms with E-state index in [1.165, 1.54) is 12.1 Å². The van der Waals surface area contributed by atoms with Crippen LogP contribution in [0.25, 0.3) is 0 Å². The van der Waals surface area contributed by atoms with E-state index in [-0.39, 0.29) is 17.9 Å². The van der Waals surface area contributed by atoms with Gasteiger partial charge in [0, 0.05) is 32.0 Å². The van der Waals surface area contributed by atoms with Crippen molar-refractivity contribution >= 4 is 11.8 Å². The Morgan fingerprint density at radius 1 is 1.33 bits per heavy atom. The number of likely N-dealkylation sites (tertiary alicyclic amines) is 1. The molecule has 1 aromatic rings. The largest absolute Gasteiger partial charge is 0.487 e. The topological polar surface area (TPSA) is 81.9 Å². The Morgan fingerprint density at radius 3 is 2.50 bits per heavy atom. The summed E-state index contributed by atoms with van der Waals surface area (Å²) in [6.07, 6.45) is 0.311. The number of hydrogen-bond acceptors (Lipinski definition) is 5. The fourth-order valence-electron chi connectivity index (χ4n) is 2.39. The Kier molecular flexibility index (Phi) is 5.26. The number of carbonyl (C=O) groups excluding carboxylic acids is 1. The van der Waals surface area contributed by atoms with Gasteiger partial charge in [0.15, 0.2) is 5.75 Å². The minimum absolute atomic E-state index is 0.139. The van der Waals surface area contributed by atoms with Crippen LogP contribution in [-0.4, -0.2) is 40.7 Å². The highest BCUT2D eigenvalue weighted by molar-refractivity contribution is 5.68. The van der Waals surface area contributed by atoms with Gasteiger partial charge >= 0.3 is 11.8 Å². The van der Waals surface area contributed by atoms with E-state index < -0.39 is 22.0 Å². The third-order valence-electron chi connectivity index (χ3n) is 3.53. The van der Waals surface area contributed by atoms with Crippen molar-refractivity contribution in [2.75, 3.05) is 13.1 Å². The Hall–Kier alpha value is -2.38. The second-order valence-electron chi connectivity index (χ2n) is 6.63. The zero-order chi connectivity index (χ0) is 17.9. The number of nitro benzene ring substituents is 1. The summed E-state index contributed by atoms with van der Waals surface area (Å²) in [5.41, 5.74) is -1.17. The SMILES string of the molecule is CC(C)(C)OC(=O)N1CCC(Oc2cccc([N+](=O)[O-])c2F)CC1. The Labute approximate surface area is 139 Å². The van der Waals surface area contributed by atoms with Gasteiger partial charge in [-0.15, -0.1) is 0 Å². The summed E-state index contributed by atoms with van der Waals surface area (Å²) in [6, 6.07) is 3.84. The van der Waals surface area contributed by atoms with E-state index >= 15 is 0 Å². The third kappa shape index (κ3) is 4.56. The molecule has 0 spiro atoms. The number of amides is 1. The fraction of sp³-hybridized carbons (Fsp3) is 0.562. The Morgan fingerprint density at radius 2 is 1.96 bits per heavy atom. The molecular formula is C16H21FN2O5. The first kappa shape index (κ1) is 18.0. The van der Waals surface area contributed by atoms with Crippen molar-refractivity contribution in [1.82, 2.24) is 4.90 Å². The Bertz CT molecular complexity index is 621. The Balaban J connectivity index is 1.93. The van der Waals surface area contributed by atoms with Crippen LogP contribution in [0.15, 0.2) is 18.2 Å². The predicted octanol–water partition coefficient (Wildman–Crippen LogP) is 3.51. The first-order chi connectivity index (χ1) is 11.2. The number of nitro groups is 1. The number of nitrogens with zero attached hydrogens (tertiary/aromatic N) is 2. The summed E-state index contributed by atoms with van der Waals surface area (Å²) in [5, 5.41) is 10.8. The number of piperidine rings is 1. The van der Waals surface area contributed by atoms with Crippen molar-refractivity contribution in [3.8, 4) is 5.75 Å². The average molecular weight is 340 g/mol. The van der Waals surface area contributed by atoms with E-state index in [1.807, 2.05) is 0 Å². The second-order valence-corrected chi connectivity index (χ2v) is 6.63. The van der Waals surface area contributed by atoms with Crippen molar-refractivity contribution in [3.05, 3.63) is 34.1 Å². The molecule has 0 radical (unpaired) electrons. The lowest BCUT2D eigenvalue weighted by Crippen LogP contribution is -2.44. The van der Waals surface area contributed by atoms with Crippen molar-refractivity contribution in [2.24, 2.45) is 0 Å². The van der Waals surface area contributed by atoms with E-state index in [2.05, 4.69) is 0 Å². The highest BCUT2D eigenvalue weighted by atomic mass is 19.1. The molecule has 0 N–H and O–H groups in total. The van der Waals surface area contributed by atoms with Gasteiger partial charge in [0.05, 0.1) is 4.92 Å². The molecular weight excluding hydrogens is 319 g/mol. The molecule has 0 unspecified atom stereocenters. The van der Waals surface area contributed by atoms with Crippen LogP contribution in [0.4, 0.5) is 14.9 Å². The van der Waals surface area contributed by atoms with Gasteiger partial charge in [-0.2, -0.15) is 4.39 Å². The summed E-state index contributed by atoms with van der Waals surface area (Å²) in [5.74, 6) is -1.11. The summed E-state index contributed by atoms with van der Waals surface area (Å²) in [6.45, 7) is 6.25. The van der Waals surface area contributed by atoms with Gasteiger partial charge in [0.2, 0.25) is 5.82 Å². The van der Waals surface area contributed by atoms with Gasteiger partial charge in [0.1, 0.15) is 11.7 Å². The number of carbonyl (C=O) groups is 1. The molecule has 1 heterocycles. The highest BCUT2D eigenvalue weighted by Crippen LogP contribution is 2.28. The van der Waals surface area contributed by atoms with Gasteiger partial charge in [-0.1, -0.05) is 6.07 Å². The molecule has 132 valence electrons. The van der Waals surface area contributed by atoms with Crippen molar-refractivity contribution < 1.29 is 23.6 Å². The quantitative estimate of drug-likeness (QED) is 0.621. The minimum atomic E-state index is -0.975. The molecule has 1 fully saturated rings. The molecule has 2 rings (SSSR count). The van der Waals surface area contributed by atoms with Crippen LogP contribution >= 0.6 is 0 Å². The number of benzene rings is 1. The maximum atomic E-state index is 14.0. The second kappa shape index (κ2) is 7.02. The summed E-state index contributed by atoms with van der Waals surface area (Å²) >= 11 is 0. The monoisotopic (exact) mass is 340 g/mol. The first-order valence-corrected chi connectivity index (χ1v) is 7.75. The van der Waals surface area contributed by atoms with Crippen LogP contribution in [0.2, 0.25) is 0 Å². The molecule has 1 aromatic carbocycles. The number of rotatable bonds is 3. The van der Waals surface area contributed by atoms with Crippen molar-refractivity contribution in [1.29, 1.82) is 0 Å². The van der Waals surface area contributed by atoms with Gasteiger partial charge in [-0.25, -0.2) is 4.79 Å². The fourth-order valence-corrected chi connectivity index (χ4v) is 2.39. The lowest BCUT2D eigenvalue weighted by atomic mass is 10.1. The van der Waals surface area contributed by atoms with Gasteiger partial charge in [0.25, 0.3) is 0 Å². The van der Waals surface area contributed by atoms with E-state index in [4.69, 9.17) is 9.47 Å². The van der Waals surface area contributed by atoms with Gasteiger partial charge < -0.3 is 14.4 Å². The van der Waals surface area contributed by atoms with E-state index in [0.29, 0.717) is 25.9 Å². The normalized spacial score (nSPS) is 15.9. The van der Waals surface area contributed by atoms with E-state index in [0.717, 1.165) is 6.07 Å². The van der Waals surface area contributed by atoms with Crippen LogP contribution in [0.1, 0.15) is 33.6 Å². The molecule has 1 aliphatic heterocycles. The van der Waals surface area contributed by atoms with Crippen LogP contribution in [0.5, 0.6) is 5.75 Å². The first-order valence-electron chi connectivity index (χ1n) is 7.75. The molecule has 1 amide bonds. The van der Waals surface area contributed by atoms with E-state index in [1.54, 1.807) is 25.7 Å². The van der Waals surface area contributed by atoms with Crippen LogP contribution in [-0.2, 0) is 4.74 Å². The van der Waals surface area contributed by atoms with Crippen LogP contribution in [0.3, 0.4) is 0 Å². The maximum absolute atomic E-state index is 14.0. The minimum Gasteiger partial charge on any atom is -0.487 e. The molecule has 0 atom stereocenters. The molecule has 0 saturated carbocycles. The third-order valence-corrected chi connectivity index (χ3v) is 3.53. The maximum Gasteiger partial charge on any atom is 0.410 e. The molecule has 1 saturated heterocycles. The summed E-state index contributed by atoms with van der Waals surface area (Å²) < 4.78 is 24.9. The zero-order valence-corrected chi connectivity index (χ0v) is 14.0. The number of halogens is 1. The molecule has 7 nitrogen and oxygen atoms in total. The zero-order valence-electron chi connectivity index (χ0n) is 14.0. The predicted molar refractivity (Wildman–Crippen MR) is 84.5 cm³/mol. The smallest absolute Gasteiger partial charge is 0.410 e. The van der Waals surface area contributed by atoms with Crippen LogP contribution in [0, 0.1) is 15.9 Å². The van der Waals surface area contributed by atoms with Crippen LogP contribution < -0.4 is 4.74 Å². The van der Waals surface area contributed by atoms with Crippen molar-refractivity contribution in [2.45, 2.75) is 45.3 Å². The summed E-state index contributed by atoms with van der Waals surface area (Å²) in [7, 11) is 0. The lowest BCUT2D eigenvalue weighted by Gasteiger charge is -2.33. The highest BCUT2D eigenvalue weighted by Gasteiger charge is 2.29. The lowest BCUT2D eigenvalue weighted by molar-refractivity contribution is -0.387. The van der Waals surface area contributed by atoms with Crippen molar-refractivity contribution in [3.63, 3.8) is 0 Å². The van der Waals surface area contributed by atoms with Gasteiger partial charge in [-0.3, -0.25) is 10.1 Å². The molecule has 8 heteroatoms. The molecule has 0 aromatic heterocycles. The number of hydrogen-bond donors (Lipinski definition) is 0. The number of ether oxygens (including phenoxy) is 2. The summed E-state index contributed by atoms with van der Waals surface area (Å²) in [4.78, 5) is 23.5. The van der Waals surface area contributed by atoms with Gasteiger partial charge in [-0.05, 0) is 26.8 Å².